The number of benzene rings is 1. The van der Waals surface area contributed by atoms with Crippen molar-refractivity contribution in [3.63, 3.8) is 0 Å². The normalized spacial score (nSPS) is 26.4. The van der Waals surface area contributed by atoms with Crippen molar-refractivity contribution >= 4 is 17.7 Å². The number of hydrogen-bond acceptors (Lipinski definition) is 5. The summed E-state index contributed by atoms with van der Waals surface area (Å²) < 4.78 is 10.8. The number of fused-ring (bicyclic) bond motifs is 1. The Kier molecular flexibility index (Phi) is 4.97. The molecular weight excluding hydrogens is 326 g/mol. The summed E-state index contributed by atoms with van der Waals surface area (Å²) in [6, 6.07) is 4.02. The average molecular weight is 351 g/mol. The van der Waals surface area contributed by atoms with E-state index in [9.17, 15) is 9.90 Å². The van der Waals surface area contributed by atoms with Crippen molar-refractivity contribution in [1.29, 1.82) is 0 Å². The molecule has 1 aromatic carbocycles. The topological polar surface area (TPSA) is 59.0 Å². The second-order valence-corrected chi connectivity index (χ2v) is 7.59. The fraction of sp³-hybridized carbons (Fsp3) is 0.611. The van der Waals surface area contributed by atoms with Crippen LogP contribution in [0.15, 0.2) is 17.0 Å². The summed E-state index contributed by atoms with van der Waals surface area (Å²) in [5, 5.41) is 9.74. The molecule has 1 heterocycles. The third-order valence-electron chi connectivity index (χ3n) is 5.55. The van der Waals surface area contributed by atoms with Gasteiger partial charge in [0.25, 0.3) is 0 Å². The number of hydrogen-bond donors (Lipinski definition) is 1. The largest absolute Gasteiger partial charge is 0.493 e. The fourth-order valence-electron chi connectivity index (χ4n) is 4.32. The standard InChI is InChI=1S/C18H25NO4S/c1-22-14-7-12(16(24-3)8-15(14)23-2)9-19-10-13-5-4-6-18(13,11-19)17(20)21/h7-8,13H,4-6,9-11H2,1-3H3,(H,20,21)/t13-,18+/m0/s1. The predicted octanol–water partition coefficient (Wildman–Crippen LogP) is 3.11. The highest BCUT2D eigenvalue weighted by atomic mass is 32.2. The molecule has 0 unspecified atom stereocenters. The van der Waals surface area contributed by atoms with Gasteiger partial charge in [-0.3, -0.25) is 9.69 Å². The van der Waals surface area contributed by atoms with Crippen LogP contribution in [0.4, 0.5) is 0 Å². The molecule has 0 bridgehead atoms. The van der Waals surface area contributed by atoms with Crippen molar-refractivity contribution in [3.8, 4) is 11.5 Å². The number of aliphatic carboxylic acids is 1. The number of ether oxygens (including phenoxy) is 2. The van der Waals surface area contributed by atoms with Gasteiger partial charge in [-0.15, -0.1) is 11.8 Å². The van der Waals surface area contributed by atoms with E-state index in [1.807, 2.05) is 18.4 Å². The van der Waals surface area contributed by atoms with Crippen LogP contribution in [0.25, 0.3) is 0 Å². The molecule has 2 fully saturated rings. The van der Waals surface area contributed by atoms with Crippen molar-refractivity contribution in [2.75, 3.05) is 33.6 Å². The quantitative estimate of drug-likeness (QED) is 0.795. The fourth-order valence-corrected chi connectivity index (χ4v) is 4.93. The van der Waals surface area contributed by atoms with E-state index in [0.717, 1.165) is 48.7 Å². The number of thioether (sulfide) groups is 1. The van der Waals surface area contributed by atoms with Gasteiger partial charge < -0.3 is 14.6 Å². The minimum Gasteiger partial charge on any atom is -0.493 e. The van der Waals surface area contributed by atoms with Gasteiger partial charge in [0.1, 0.15) is 0 Å². The summed E-state index contributed by atoms with van der Waals surface area (Å²) in [5.74, 6) is 1.11. The minimum atomic E-state index is -0.620. The maximum atomic E-state index is 11.8. The molecule has 0 radical (unpaired) electrons. The molecule has 1 aliphatic carbocycles. The smallest absolute Gasteiger partial charge is 0.311 e. The number of carbonyl (C=O) groups is 1. The van der Waals surface area contributed by atoms with Crippen LogP contribution in [0.1, 0.15) is 24.8 Å². The molecule has 0 aromatic heterocycles. The summed E-state index contributed by atoms with van der Waals surface area (Å²) in [6.45, 7) is 2.27. The van der Waals surface area contributed by atoms with E-state index in [2.05, 4.69) is 4.90 Å². The van der Waals surface area contributed by atoms with Crippen LogP contribution in [0, 0.1) is 11.3 Å². The van der Waals surface area contributed by atoms with Gasteiger partial charge in [0.05, 0.1) is 19.6 Å². The number of carboxylic acid groups (broad SMARTS) is 1. The molecule has 3 rings (SSSR count). The Bertz CT molecular complexity index is 636. The van der Waals surface area contributed by atoms with Gasteiger partial charge >= 0.3 is 5.97 Å². The van der Waals surface area contributed by atoms with Crippen LogP contribution in [-0.2, 0) is 11.3 Å². The highest BCUT2D eigenvalue weighted by molar-refractivity contribution is 7.98. The third-order valence-corrected chi connectivity index (χ3v) is 6.37. The van der Waals surface area contributed by atoms with E-state index in [1.54, 1.807) is 26.0 Å². The molecule has 1 aromatic rings. The van der Waals surface area contributed by atoms with Crippen molar-refractivity contribution in [1.82, 2.24) is 4.90 Å². The maximum Gasteiger partial charge on any atom is 0.311 e. The van der Waals surface area contributed by atoms with E-state index in [0.29, 0.717) is 6.54 Å². The van der Waals surface area contributed by atoms with Crippen molar-refractivity contribution in [2.45, 2.75) is 30.7 Å². The van der Waals surface area contributed by atoms with Crippen molar-refractivity contribution < 1.29 is 19.4 Å². The van der Waals surface area contributed by atoms with Gasteiger partial charge in [-0.2, -0.15) is 0 Å². The Morgan fingerprint density at radius 3 is 2.67 bits per heavy atom. The van der Waals surface area contributed by atoms with Gasteiger partial charge in [-0.1, -0.05) is 6.42 Å². The monoisotopic (exact) mass is 351 g/mol. The van der Waals surface area contributed by atoms with Gasteiger partial charge in [0.2, 0.25) is 0 Å². The predicted molar refractivity (Wildman–Crippen MR) is 94.0 cm³/mol. The molecule has 1 aliphatic heterocycles. The molecule has 0 amide bonds. The Morgan fingerprint density at radius 1 is 1.38 bits per heavy atom. The summed E-state index contributed by atoms with van der Waals surface area (Å²) >= 11 is 1.68. The van der Waals surface area contributed by atoms with Crippen LogP contribution in [0.5, 0.6) is 11.5 Å². The second-order valence-electron chi connectivity index (χ2n) is 6.74. The first-order chi connectivity index (χ1) is 11.5. The molecule has 132 valence electrons. The molecule has 6 heteroatoms. The first-order valence-corrected chi connectivity index (χ1v) is 9.51. The van der Waals surface area contributed by atoms with E-state index < -0.39 is 11.4 Å². The summed E-state index contributed by atoms with van der Waals surface area (Å²) in [6.07, 6.45) is 4.92. The zero-order valence-electron chi connectivity index (χ0n) is 14.5. The molecule has 2 atom stereocenters. The molecule has 24 heavy (non-hydrogen) atoms. The number of methoxy groups -OCH3 is 2. The van der Waals surface area contributed by atoms with Crippen LogP contribution >= 0.6 is 11.8 Å². The number of rotatable bonds is 6. The Labute approximate surface area is 147 Å². The van der Waals surface area contributed by atoms with Gasteiger partial charge in [0.15, 0.2) is 11.5 Å². The molecule has 5 nitrogen and oxygen atoms in total. The van der Waals surface area contributed by atoms with Crippen LogP contribution in [0.2, 0.25) is 0 Å². The number of carboxylic acids is 1. The molecule has 1 saturated carbocycles. The van der Waals surface area contributed by atoms with Crippen LogP contribution in [0.3, 0.4) is 0 Å². The van der Waals surface area contributed by atoms with E-state index >= 15 is 0 Å². The molecular formula is C18H25NO4S. The van der Waals surface area contributed by atoms with Gasteiger partial charge in [-0.25, -0.2) is 0 Å². The van der Waals surface area contributed by atoms with E-state index in [1.165, 1.54) is 5.56 Å². The average Bonchev–Trinajstić information content (AvgIpc) is 3.12. The van der Waals surface area contributed by atoms with Crippen LogP contribution < -0.4 is 9.47 Å². The Hall–Kier alpha value is -1.40. The second kappa shape index (κ2) is 6.84. The van der Waals surface area contributed by atoms with Crippen LogP contribution in [-0.4, -0.2) is 49.5 Å². The zero-order valence-corrected chi connectivity index (χ0v) is 15.3. The molecule has 0 spiro atoms. The van der Waals surface area contributed by atoms with Crippen molar-refractivity contribution in [3.05, 3.63) is 17.7 Å². The first-order valence-electron chi connectivity index (χ1n) is 8.28. The lowest BCUT2D eigenvalue weighted by Crippen LogP contribution is -2.35. The minimum absolute atomic E-state index is 0.285. The summed E-state index contributed by atoms with van der Waals surface area (Å²) in [5.41, 5.74) is 0.636. The lowest BCUT2D eigenvalue weighted by molar-refractivity contribution is -0.149. The number of nitrogens with zero attached hydrogens (tertiary/aromatic N) is 1. The highest BCUT2D eigenvalue weighted by Gasteiger charge is 2.54. The SMILES string of the molecule is COc1cc(CN2C[C@@H]3CCC[C@@]3(C(=O)O)C2)c(SC)cc1OC. The summed E-state index contributed by atoms with van der Waals surface area (Å²) in [4.78, 5) is 15.3. The third kappa shape index (κ3) is 2.86. The highest BCUT2D eigenvalue weighted by Crippen LogP contribution is 2.49. The zero-order chi connectivity index (χ0) is 17.3. The lowest BCUT2D eigenvalue weighted by atomic mass is 9.81. The molecule has 1 saturated heterocycles. The van der Waals surface area contributed by atoms with E-state index in [-0.39, 0.29) is 5.92 Å². The molecule has 2 aliphatic rings. The van der Waals surface area contributed by atoms with Gasteiger partial charge in [-0.05, 0) is 42.7 Å². The lowest BCUT2D eigenvalue weighted by Gasteiger charge is -2.24. The Morgan fingerprint density at radius 2 is 2.08 bits per heavy atom. The Balaban J connectivity index is 1.83. The van der Waals surface area contributed by atoms with Gasteiger partial charge in [0, 0.05) is 24.5 Å². The van der Waals surface area contributed by atoms with E-state index in [4.69, 9.17) is 9.47 Å². The number of likely N-dealkylation sites (tertiary alicyclic amines) is 1. The van der Waals surface area contributed by atoms with Crippen molar-refractivity contribution in [2.24, 2.45) is 11.3 Å². The first kappa shape index (κ1) is 17.4. The summed E-state index contributed by atoms with van der Waals surface area (Å²) in [7, 11) is 3.28. The molecule has 1 N–H and O–H groups in total. The maximum absolute atomic E-state index is 11.8.